The van der Waals surface area contributed by atoms with Crippen molar-refractivity contribution >= 4 is 0 Å². The van der Waals surface area contributed by atoms with E-state index in [-0.39, 0.29) is 0 Å². The molecule has 0 fully saturated rings. The summed E-state index contributed by atoms with van der Waals surface area (Å²) in [6, 6.07) is 22.2. The molecule has 0 aliphatic rings. The molecule has 0 radical (unpaired) electrons. The van der Waals surface area contributed by atoms with Crippen molar-refractivity contribution in [2.24, 2.45) is 0 Å². The van der Waals surface area contributed by atoms with Crippen LogP contribution in [0.15, 0.2) is 66.9 Å². The van der Waals surface area contributed by atoms with Gasteiger partial charge in [-0.05, 0) is 31.5 Å². The van der Waals surface area contributed by atoms with E-state index >= 15 is 0 Å². The van der Waals surface area contributed by atoms with Crippen LogP contribution in [-0.4, -0.2) is 24.8 Å². The van der Waals surface area contributed by atoms with Crippen LogP contribution in [0.4, 0.5) is 0 Å². The number of benzene rings is 2. The van der Waals surface area contributed by atoms with Gasteiger partial charge in [0.15, 0.2) is 0 Å². The summed E-state index contributed by atoms with van der Waals surface area (Å²) in [7, 11) is 1.78. The first kappa shape index (κ1) is 20.4. The third-order valence-corrected chi connectivity index (χ3v) is 5.28. The van der Waals surface area contributed by atoms with Crippen LogP contribution in [0.5, 0.6) is 0 Å². The van der Waals surface area contributed by atoms with Gasteiger partial charge in [0.1, 0.15) is 13.1 Å². The Morgan fingerprint density at radius 1 is 0.821 bits per heavy atom. The summed E-state index contributed by atoms with van der Waals surface area (Å²) >= 11 is 0. The first-order valence-electron chi connectivity index (χ1n) is 10.2. The fourth-order valence-electron chi connectivity index (χ4n) is 3.61. The molecule has 0 aliphatic carbocycles. The smallest absolute Gasteiger partial charge is 0.118 e. The van der Waals surface area contributed by atoms with Gasteiger partial charge in [-0.25, -0.2) is 0 Å². The number of ether oxygens (including phenoxy) is 1. The Morgan fingerprint density at radius 2 is 1.46 bits per heavy atom. The normalized spacial score (nSPS) is 12.2. The lowest BCUT2D eigenvalue weighted by Gasteiger charge is -2.21. The van der Waals surface area contributed by atoms with Gasteiger partial charge in [0.2, 0.25) is 0 Å². The van der Waals surface area contributed by atoms with Crippen LogP contribution in [0.3, 0.4) is 0 Å². The zero-order valence-corrected chi connectivity index (χ0v) is 17.4. The van der Waals surface area contributed by atoms with Gasteiger partial charge >= 0.3 is 0 Å². The van der Waals surface area contributed by atoms with E-state index in [0.29, 0.717) is 0 Å². The van der Waals surface area contributed by atoms with Crippen LogP contribution in [0.25, 0.3) is 0 Å². The van der Waals surface area contributed by atoms with Crippen molar-refractivity contribution in [2.45, 2.75) is 39.9 Å². The van der Waals surface area contributed by atoms with Crippen molar-refractivity contribution < 1.29 is 9.64 Å². The molecule has 0 spiro atoms. The van der Waals surface area contributed by atoms with Crippen molar-refractivity contribution in [3.8, 4) is 0 Å². The van der Waals surface area contributed by atoms with E-state index < -0.39 is 0 Å². The number of nitrogens with zero attached hydrogens (tertiary/aromatic N) is 1. The molecular weight excluding hydrogens is 344 g/mol. The second-order valence-electron chi connectivity index (χ2n) is 7.80. The zero-order chi connectivity index (χ0) is 19.8. The Balaban J connectivity index is 1.70. The molecule has 3 nitrogen and oxygen atoms in total. The summed E-state index contributed by atoms with van der Waals surface area (Å²) in [6.07, 6.45) is 3.28. The lowest BCUT2D eigenvalue weighted by molar-refractivity contribution is -0.928. The van der Waals surface area contributed by atoms with Gasteiger partial charge < -0.3 is 14.2 Å². The minimum atomic E-state index is 0.821. The minimum absolute atomic E-state index is 0.821. The number of methoxy groups -OCH3 is 1. The highest BCUT2D eigenvalue weighted by atomic mass is 16.5. The van der Waals surface area contributed by atoms with Crippen molar-refractivity contribution in [3.63, 3.8) is 0 Å². The molecule has 0 bridgehead atoms. The third-order valence-electron chi connectivity index (χ3n) is 5.28. The van der Waals surface area contributed by atoms with Gasteiger partial charge in [0.25, 0.3) is 0 Å². The van der Waals surface area contributed by atoms with Crippen molar-refractivity contribution in [1.29, 1.82) is 0 Å². The molecule has 1 atom stereocenters. The average Bonchev–Trinajstić information content (AvgIpc) is 3.12. The number of rotatable bonds is 10. The molecule has 148 valence electrons. The predicted octanol–water partition coefficient (Wildman–Crippen LogP) is 3.77. The van der Waals surface area contributed by atoms with E-state index in [1.165, 1.54) is 27.9 Å². The fraction of sp³-hybridized carbons (Fsp3) is 0.360. The van der Waals surface area contributed by atoms with Gasteiger partial charge in [-0.2, -0.15) is 0 Å². The molecular formula is C25H33N2O+. The standard InChI is InChI=1S/C25H32N2O/c1-21-7-11-23(12-8-21)18-26(15-5-17-28-3)20-25-6-4-16-27(25)19-24-13-9-22(2)10-14-24/h4,6-14,16H,5,15,17-20H2,1-3H3/p+1. The summed E-state index contributed by atoms with van der Waals surface area (Å²) in [4.78, 5) is 1.57. The lowest BCUT2D eigenvalue weighted by Crippen LogP contribution is -3.09. The molecule has 0 aliphatic heterocycles. The van der Waals surface area contributed by atoms with E-state index in [1.54, 1.807) is 12.0 Å². The van der Waals surface area contributed by atoms with E-state index in [9.17, 15) is 0 Å². The van der Waals surface area contributed by atoms with E-state index in [0.717, 1.165) is 39.2 Å². The Morgan fingerprint density at radius 3 is 2.11 bits per heavy atom. The maximum absolute atomic E-state index is 5.29. The number of nitrogens with one attached hydrogen (secondary N) is 1. The molecule has 1 aromatic heterocycles. The van der Waals surface area contributed by atoms with Crippen LogP contribution in [-0.2, 0) is 24.4 Å². The number of quaternary nitrogens is 1. The Hall–Kier alpha value is -2.36. The molecule has 3 heteroatoms. The van der Waals surface area contributed by atoms with Gasteiger partial charge in [-0.3, -0.25) is 0 Å². The van der Waals surface area contributed by atoms with Crippen molar-refractivity contribution in [1.82, 2.24) is 4.57 Å². The topological polar surface area (TPSA) is 18.6 Å². The minimum Gasteiger partial charge on any atom is -0.384 e. The van der Waals surface area contributed by atoms with Crippen LogP contribution in [0, 0.1) is 13.8 Å². The predicted molar refractivity (Wildman–Crippen MR) is 116 cm³/mol. The fourth-order valence-corrected chi connectivity index (χ4v) is 3.61. The first-order valence-corrected chi connectivity index (χ1v) is 10.2. The second kappa shape index (κ2) is 10.3. The van der Waals surface area contributed by atoms with Crippen LogP contribution in [0.2, 0.25) is 0 Å². The molecule has 3 aromatic rings. The summed E-state index contributed by atoms with van der Waals surface area (Å²) in [6.45, 7) is 9.20. The van der Waals surface area contributed by atoms with Gasteiger partial charge in [0.05, 0.1) is 18.8 Å². The van der Waals surface area contributed by atoms with Crippen LogP contribution < -0.4 is 4.90 Å². The van der Waals surface area contributed by atoms with E-state index in [2.05, 4.69) is 85.3 Å². The highest BCUT2D eigenvalue weighted by molar-refractivity contribution is 5.23. The van der Waals surface area contributed by atoms with Crippen molar-refractivity contribution in [2.75, 3.05) is 20.3 Å². The zero-order valence-electron chi connectivity index (χ0n) is 17.4. The summed E-state index contributed by atoms with van der Waals surface area (Å²) in [5.41, 5.74) is 6.76. The van der Waals surface area contributed by atoms with Gasteiger partial charge in [0, 0.05) is 31.8 Å². The van der Waals surface area contributed by atoms with Crippen molar-refractivity contribution in [3.05, 3.63) is 94.8 Å². The summed E-state index contributed by atoms with van der Waals surface area (Å²) in [5, 5.41) is 0. The molecule has 1 N–H and O–H groups in total. The monoisotopic (exact) mass is 377 g/mol. The largest absolute Gasteiger partial charge is 0.384 e. The van der Waals surface area contributed by atoms with Crippen LogP contribution in [0.1, 0.15) is 34.4 Å². The molecule has 0 saturated carbocycles. The Kier molecular flexibility index (Phi) is 7.46. The number of hydrogen-bond donors (Lipinski definition) is 1. The SMILES string of the molecule is COCCC[NH+](Cc1ccc(C)cc1)Cc1cccn1Cc1ccc(C)cc1. The molecule has 1 heterocycles. The maximum atomic E-state index is 5.29. The number of aromatic nitrogens is 1. The Bertz CT molecular complexity index is 834. The van der Waals surface area contributed by atoms with E-state index in [1.807, 2.05) is 0 Å². The molecule has 1 unspecified atom stereocenters. The highest BCUT2D eigenvalue weighted by Crippen LogP contribution is 2.09. The molecule has 3 rings (SSSR count). The van der Waals surface area contributed by atoms with Crippen LogP contribution >= 0.6 is 0 Å². The molecule has 2 aromatic carbocycles. The summed E-state index contributed by atoms with van der Waals surface area (Å²) in [5.74, 6) is 0. The molecule has 28 heavy (non-hydrogen) atoms. The molecule has 0 amide bonds. The second-order valence-corrected chi connectivity index (χ2v) is 7.80. The van der Waals surface area contributed by atoms with Gasteiger partial charge in [-0.1, -0.05) is 59.7 Å². The maximum Gasteiger partial charge on any atom is 0.118 e. The number of aryl methyl sites for hydroxylation is 2. The summed E-state index contributed by atoms with van der Waals surface area (Å²) < 4.78 is 7.67. The van der Waals surface area contributed by atoms with Gasteiger partial charge in [-0.15, -0.1) is 0 Å². The quantitative estimate of drug-likeness (QED) is 0.533. The average molecular weight is 378 g/mol. The number of hydrogen-bond acceptors (Lipinski definition) is 1. The van der Waals surface area contributed by atoms with E-state index in [4.69, 9.17) is 4.74 Å². The first-order chi connectivity index (χ1) is 13.6. The lowest BCUT2D eigenvalue weighted by atomic mass is 10.1. The Labute approximate surface area is 169 Å². The highest BCUT2D eigenvalue weighted by Gasteiger charge is 2.13. The third kappa shape index (κ3) is 6.08. The molecule has 0 saturated heterocycles.